The van der Waals surface area contributed by atoms with Crippen molar-refractivity contribution in [3.8, 4) is 0 Å². The first kappa shape index (κ1) is 20.2. The van der Waals surface area contributed by atoms with Gasteiger partial charge in [-0.3, -0.25) is 0 Å². The molecule has 0 radical (unpaired) electrons. The number of thiocarbonyl (C=S) groups is 1. The van der Waals surface area contributed by atoms with Gasteiger partial charge in [0.1, 0.15) is 5.82 Å². The highest BCUT2D eigenvalue weighted by molar-refractivity contribution is 7.81. The van der Waals surface area contributed by atoms with E-state index in [0.717, 1.165) is 5.56 Å². The van der Waals surface area contributed by atoms with Crippen LogP contribution in [0.2, 0.25) is 0 Å². The summed E-state index contributed by atoms with van der Waals surface area (Å²) in [5.41, 5.74) is 1.81. The lowest BCUT2D eigenvalue weighted by atomic mass is 9.88. The summed E-state index contributed by atoms with van der Waals surface area (Å²) >= 11 is 6.95. The molecular formula is C22H22FN2OS2+. The number of nitrogens with one attached hydrogen (secondary N) is 1. The van der Waals surface area contributed by atoms with Crippen molar-refractivity contribution in [1.29, 1.82) is 0 Å². The topological polar surface area (TPSA) is 36.1 Å². The van der Waals surface area contributed by atoms with E-state index < -0.39 is 5.82 Å². The molecule has 0 amide bonds. The molecule has 0 spiro atoms. The number of benzene rings is 1. The molecule has 0 unspecified atom stereocenters. The van der Waals surface area contributed by atoms with Gasteiger partial charge in [0.2, 0.25) is 5.76 Å². The molecule has 0 aliphatic rings. The van der Waals surface area contributed by atoms with Crippen LogP contribution >= 0.6 is 23.6 Å². The van der Waals surface area contributed by atoms with Crippen molar-refractivity contribution in [2.24, 2.45) is 0 Å². The molecule has 2 aromatic heterocycles. The van der Waals surface area contributed by atoms with Crippen LogP contribution in [0.4, 0.5) is 10.1 Å². The molecule has 0 bridgehead atoms. The van der Waals surface area contributed by atoms with E-state index in [4.69, 9.17) is 12.2 Å². The predicted octanol–water partition coefficient (Wildman–Crippen LogP) is 5.80. The average Bonchev–Trinajstić information content (AvgIpc) is 3.18. The fourth-order valence-electron chi connectivity index (χ4n) is 2.70. The zero-order valence-electron chi connectivity index (χ0n) is 15.9. The third-order valence-electron chi connectivity index (χ3n) is 4.27. The maximum atomic E-state index is 14.1. The fraction of sp³-hybridized carbons (Fsp3) is 0.182. The Morgan fingerprint density at radius 2 is 1.75 bits per heavy atom. The molecule has 1 aromatic carbocycles. The minimum absolute atomic E-state index is 0.00465. The van der Waals surface area contributed by atoms with Crippen molar-refractivity contribution >= 4 is 45.7 Å². The van der Waals surface area contributed by atoms with Crippen molar-refractivity contribution in [2.45, 2.75) is 26.2 Å². The number of aromatic nitrogens is 1. The first-order chi connectivity index (χ1) is 13.3. The van der Waals surface area contributed by atoms with Crippen LogP contribution in [0, 0.1) is 5.82 Å². The molecule has 0 saturated carbocycles. The van der Waals surface area contributed by atoms with E-state index in [2.05, 4.69) is 26.1 Å². The number of nitrogens with zero attached hydrogens (tertiary/aromatic N) is 1. The van der Waals surface area contributed by atoms with Gasteiger partial charge in [0.15, 0.2) is 17.4 Å². The molecule has 3 rings (SSSR count). The molecule has 0 aliphatic heterocycles. The molecule has 0 saturated heterocycles. The summed E-state index contributed by atoms with van der Waals surface area (Å²) in [5.74, 6) is -0.370. The van der Waals surface area contributed by atoms with Crippen LogP contribution in [-0.2, 0) is 5.41 Å². The van der Waals surface area contributed by atoms with E-state index in [1.165, 1.54) is 17.4 Å². The zero-order valence-corrected chi connectivity index (χ0v) is 17.6. The normalized spacial score (nSPS) is 12.4. The number of aliphatic hydroxyl groups is 1. The van der Waals surface area contributed by atoms with Crippen LogP contribution in [-0.4, -0.2) is 10.1 Å². The second kappa shape index (κ2) is 8.20. The Morgan fingerprint density at radius 1 is 1.07 bits per heavy atom. The van der Waals surface area contributed by atoms with Gasteiger partial charge in [-0.05, 0) is 34.6 Å². The highest BCUT2D eigenvalue weighted by atomic mass is 32.1. The van der Waals surface area contributed by atoms with E-state index in [-0.39, 0.29) is 21.9 Å². The quantitative estimate of drug-likeness (QED) is 0.246. The van der Waals surface area contributed by atoms with E-state index in [9.17, 15) is 9.50 Å². The highest BCUT2D eigenvalue weighted by Gasteiger charge is 2.26. The number of hydrogen-bond donors (Lipinski definition) is 2. The zero-order chi connectivity index (χ0) is 20.3. The molecule has 0 fully saturated rings. The number of halogens is 1. The molecule has 0 aliphatic carbocycles. The Morgan fingerprint density at radius 3 is 2.32 bits per heavy atom. The second-order valence-corrected chi connectivity index (χ2v) is 8.71. The summed E-state index contributed by atoms with van der Waals surface area (Å²) in [6.07, 6.45) is 3.71. The Kier molecular flexibility index (Phi) is 5.91. The number of hydrogen-bond acceptors (Lipinski definition) is 3. The Bertz CT molecular complexity index is 1000. The van der Waals surface area contributed by atoms with Crippen molar-refractivity contribution < 1.29 is 14.1 Å². The van der Waals surface area contributed by atoms with E-state index >= 15 is 0 Å². The molecule has 3 nitrogen and oxygen atoms in total. The number of rotatable bonds is 4. The second-order valence-electron chi connectivity index (χ2n) is 7.35. The van der Waals surface area contributed by atoms with Crippen molar-refractivity contribution in [3.63, 3.8) is 0 Å². The van der Waals surface area contributed by atoms with Gasteiger partial charge in [-0.1, -0.05) is 51.2 Å². The summed E-state index contributed by atoms with van der Waals surface area (Å²) in [7, 11) is 0. The fourth-order valence-corrected chi connectivity index (χ4v) is 3.68. The molecule has 2 N–H and O–H groups in total. The first-order valence-corrected chi connectivity index (χ1v) is 10.1. The number of thiophene rings is 1. The van der Waals surface area contributed by atoms with Crippen molar-refractivity contribution in [1.82, 2.24) is 0 Å². The summed E-state index contributed by atoms with van der Waals surface area (Å²) in [6, 6.07) is 14.0. The molecular weight excluding hydrogens is 391 g/mol. The summed E-state index contributed by atoms with van der Waals surface area (Å²) in [5, 5.41) is 15.7. The minimum atomic E-state index is -0.409. The molecule has 3 aromatic rings. The predicted molar refractivity (Wildman–Crippen MR) is 118 cm³/mol. The monoisotopic (exact) mass is 413 g/mol. The van der Waals surface area contributed by atoms with E-state index in [1.807, 2.05) is 42.0 Å². The minimum Gasteiger partial charge on any atom is -0.501 e. The van der Waals surface area contributed by atoms with Gasteiger partial charge in [-0.2, -0.15) is 4.57 Å². The lowest BCUT2D eigenvalue weighted by molar-refractivity contribution is -0.575. The maximum absolute atomic E-state index is 14.1. The van der Waals surface area contributed by atoms with Crippen LogP contribution in [0.5, 0.6) is 0 Å². The first-order valence-electron chi connectivity index (χ1n) is 8.82. The van der Waals surface area contributed by atoms with Gasteiger partial charge in [0.25, 0.3) is 5.70 Å². The highest BCUT2D eigenvalue weighted by Crippen LogP contribution is 2.25. The molecule has 0 atom stereocenters. The van der Waals surface area contributed by atoms with E-state index in [1.54, 1.807) is 22.8 Å². The number of anilines is 1. The molecule has 28 heavy (non-hydrogen) atoms. The Hall–Kier alpha value is -2.57. The molecule has 6 heteroatoms. The summed E-state index contributed by atoms with van der Waals surface area (Å²) in [4.78, 5) is 0.907. The lowest BCUT2D eigenvalue weighted by Gasteiger charge is -2.18. The third-order valence-corrected chi connectivity index (χ3v) is 5.44. The van der Waals surface area contributed by atoms with Crippen molar-refractivity contribution in [2.75, 3.05) is 5.32 Å². The summed E-state index contributed by atoms with van der Waals surface area (Å²) in [6.45, 7) is 6.41. The van der Waals surface area contributed by atoms with Crippen LogP contribution in [0.15, 0.2) is 66.3 Å². The average molecular weight is 414 g/mol. The van der Waals surface area contributed by atoms with Crippen molar-refractivity contribution in [3.05, 3.63) is 82.6 Å². The standard InChI is InChI=1S/C22H21FN2OS2/c1-22(2,3)15-10-12-25(13-11-15)19(20(26)18-9-6-14-28-18)21(27)24-17-8-5-4-7-16(17)23/h4-14H,1-3H3,(H-,24,26,27)/p+1. The number of para-hydroxylation sites is 1. The third kappa shape index (κ3) is 4.46. The number of pyridine rings is 1. The van der Waals surface area contributed by atoms with Crippen LogP contribution in [0.3, 0.4) is 0 Å². The number of aliphatic hydroxyl groups excluding tert-OH is 1. The largest absolute Gasteiger partial charge is 0.501 e. The van der Waals surface area contributed by atoms with Gasteiger partial charge in [-0.15, -0.1) is 11.3 Å². The van der Waals surface area contributed by atoms with Crippen LogP contribution < -0.4 is 9.88 Å². The molecule has 2 heterocycles. The van der Waals surface area contributed by atoms with Gasteiger partial charge < -0.3 is 10.4 Å². The Balaban J connectivity index is 2.05. The maximum Gasteiger partial charge on any atom is 0.289 e. The van der Waals surface area contributed by atoms with Gasteiger partial charge in [0.05, 0.1) is 10.6 Å². The van der Waals surface area contributed by atoms with Gasteiger partial charge >= 0.3 is 0 Å². The Labute approximate surface area is 173 Å². The van der Waals surface area contributed by atoms with Crippen LogP contribution in [0.1, 0.15) is 31.2 Å². The lowest BCUT2D eigenvalue weighted by Crippen LogP contribution is -2.39. The smallest absolute Gasteiger partial charge is 0.289 e. The van der Waals surface area contributed by atoms with E-state index in [0.29, 0.717) is 10.6 Å². The SMILES string of the molecule is CC(C)(C)c1cc[n+](C(C(=S)Nc2ccccc2F)=C(O)c2cccs2)cc1. The van der Waals surface area contributed by atoms with Crippen LogP contribution in [0.25, 0.3) is 11.5 Å². The summed E-state index contributed by atoms with van der Waals surface area (Å²) < 4.78 is 15.8. The van der Waals surface area contributed by atoms with Gasteiger partial charge in [-0.25, -0.2) is 4.39 Å². The molecule has 144 valence electrons. The van der Waals surface area contributed by atoms with Gasteiger partial charge in [0, 0.05) is 12.1 Å².